The molecule has 0 aromatic carbocycles. The molecule has 0 saturated carbocycles. The van der Waals surface area contributed by atoms with Gasteiger partial charge in [-0.05, 0) is 32.0 Å². The topological polar surface area (TPSA) is 55.1 Å². The molecule has 0 radical (unpaired) electrons. The molecule has 5 nitrogen and oxygen atoms in total. The highest BCUT2D eigenvalue weighted by atomic mass is 15.1. The molecule has 0 saturated heterocycles. The number of aryl methyl sites for hydroxylation is 2. The van der Waals surface area contributed by atoms with Crippen LogP contribution in [0.5, 0.6) is 0 Å². The Bertz CT molecular complexity index is 717. The third-order valence-electron chi connectivity index (χ3n) is 2.97. The van der Waals surface area contributed by atoms with E-state index in [9.17, 15) is 0 Å². The van der Waals surface area contributed by atoms with Gasteiger partial charge in [-0.15, -0.1) is 0 Å². The van der Waals surface area contributed by atoms with Crippen molar-refractivity contribution >= 4 is 11.6 Å². The molecule has 0 aliphatic heterocycles. The minimum Gasteiger partial charge on any atom is -0.349 e. The van der Waals surface area contributed by atoms with E-state index in [0.29, 0.717) is 12.5 Å². The van der Waals surface area contributed by atoms with E-state index < -0.39 is 0 Å². The molecule has 0 fully saturated rings. The molecule has 5 heteroatoms. The lowest BCUT2D eigenvalue weighted by Gasteiger charge is -2.02. The lowest BCUT2D eigenvalue weighted by molar-refractivity contribution is 1.00. The third kappa shape index (κ3) is 2.40. The Morgan fingerprint density at radius 3 is 2.84 bits per heavy atom. The molecule has 3 aromatic rings. The maximum Gasteiger partial charge on any atom is 0.223 e. The first-order valence-corrected chi connectivity index (χ1v) is 6.19. The molecule has 1 N–H and O–H groups in total. The summed E-state index contributed by atoms with van der Waals surface area (Å²) in [6.07, 6.45) is 3.78. The largest absolute Gasteiger partial charge is 0.349 e. The Morgan fingerprint density at radius 2 is 2.05 bits per heavy atom. The van der Waals surface area contributed by atoms with Crippen LogP contribution in [0.2, 0.25) is 0 Å². The van der Waals surface area contributed by atoms with Gasteiger partial charge in [0.2, 0.25) is 5.95 Å². The number of rotatable bonds is 3. The Balaban J connectivity index is 1.80. The normalized spacial score (nSPS) is 10.8. The first-order valence-electron chi connectivity index (χ1n) is 6.19. The van der Waals surface area contributed by atoms with Crippen molar-refractivity contribution in [3.8, 4) is 0 Å². The number of nitrogens with one attached hydrogen (secondary N) is 1. The zero-order valence-electron chi connectivity index (χ0n) is 11.0. The van der Waals surface area contributed by atoms with Gasteiger partial charge in [0, 0.05) is 23.8 Å². The van der Waals surface area contributed by atoms with Crippen molar-refractivity contribution in [1.82, 2.24) is 19.4 Å². The molecule has 0 bridgehead atoms. The number of aromatic nitrogens is 4. The molecule has 3 aromatic heterocycles. The third-order valence-corrected chi connectivity index (χ3v) is 2.97. The van der Waals surface area contributed by atoms with Gasteiger partial charge in [0.1, 0.15) is 5.65 Å². The number of hydrogen-bond acceptors (Lipinski definition) is 4. The molecular formula is C14H15N5. The molecule has 96 valence electrons. The number of anilines is 1. The maximum absolute atomic E-state index is 4.56. The van der Waals surface area contributed by atoms with Crippen molar-refractivity contribution in [1.29, 1.82) is 0 Å². The smallest absolute Gasteiger partial charge is 0.223 e. The number of nitrogens with zero attached hydrogens (tertiary/aromatic N) is 4. The van der Waals surface area contributed by atoms with Crippen molar-refractivity contribution < 1.29 is 0 Å². The van der Waals surface area contributed by atoms with Crippen LogP contribution in [0.4, 0.5) is 5.95 Å². The summed E-state index contributed by atoms with van der Waals surface area (Å²) in [4.78, 5) is 13.0. The minimum absolute atomic E-state index is 0.616. The second-order valence-corrected chi connectivity index (χ2v) is 4.50. The van der Waals surface area contributed by atoms with Gasteiger partial charge < -0.3 is 9.72 Å². The highest BCUT2D eigenvalue weighted by Gasteiger charge is 2.03. The average molecular weight is 253 g/mol. The molecule has 0 unspecified atom stereocenters. The van der Waals surface area contributed by atoms with Crippen LogP contribution in [0.1, 0.15) is 17.1 Å². The number of hydrogen-bond donors (Lipinski definition) is 1. The van der Waals surface area contributed by atoms with Crippen LogP contribution in [0.3, 0.4) is 0 Å². The summed E-state index contributed by atoms with van der Waals surface area (Å²) >= 11 is 0. The molecule has 0 atom stereocenters. The highest BCUT2D eigenvalue weighted by Crippen LogP contribution is 2.09. The van der Waals surface area contributed by atoms with Gasteiger partial charge >= 0.3 is 0 Å². The van der Waals surface area contributed by atoms with Gasteiger partial charge in [0.05, 0.1) is 12.2 Å². The van der Waals surface area contributed by atoms with Crippen molar-refractivity contribution in [2.45, 2.75) is 20.4 Å². The summed E-state index contributed by atoms with van der Waals surface area (Å²) in [7, 11) is 0. The second kappa shape index (κ2) is 4.68. The molecule has 3 heterocycles. The van der Waals surface area contributed by atoms with E-state index in [1.807, 2.05) is 31.3 Å². The highest BCUT2D eigenvalue weighted by molar-refractivity contribution is 5.42. The Morgan fingerprint density at radius 1 is 1.16 bits per heavy atom. The van der Waals surface area contributed by atoms with Crippen LogP contribution in [0, 0.1) is 13.8 Å². The number of pyridine rings is 1. The quantitative estimate of drug-likeness (QED) is 0.778. The van der Waals surface area contributed by atoms with E-state index >= 15 is 0 Å². The fraction of sp³-hybridized carbons (Fsp3) is 0.214. The monoisotopic (exact) mass is 253 g/mol. The maximum atomic E-state index is 4.56. The van der Waals surface area contributed by atoms with Gasteiger partial charge in [-0.3, -0.25) is 0 Å². The van der Waals surface area contributed by atoms with Gasteiger partial charge in [0.15, 0.2) is 0 Å². The van der Waals surface area contributed by atoms with E-state index in [-0.39, 0.29) is 0 Å². The average Bonchev–Trinajstić information content (AvgIpc) is 2.81. The predicted molar refractivity (Wildman–Crippen MR) is 74.0 cm³/mol. The summed E-state index contributed by atoms with van der Waals surface area (Å²) in [5.74, 6) is 0.633. The second-order valence-electron chi connectivity index (χ2n) is 4.50. The van der Waals surface area contributed by atoms with Crippen molar-refractivity contribution in [3.05, 3.63) is 53.7 Å². The van der Waals surface area contributed by atoms with Crippen LogP contribution >= 0.6 is 0 Å². The van der Waals surface area contributed by atoms with E-state index in [4.69, 9.17) is 0 Å². The van der Waals surface area contributed by atoms with Crippen molar-refractivity contribution in [2.24, 2.45) is 0 Å². The van der Waals surface area contributed by atoms with Crippen LogP contribution in [-0.4, -0.2) is 19.4 Å². The Labute approximate surface area is 111 Å². The van der Waals surface area contributed by atoms with Crippen LogP contribution in [0.15, 0.2) is 36.7 Å². The molecular weight excluding hydrogens is 238 g/mol. The molecule has 0 aliphatic rings. The fourth-order valence-corrected chi connectivity index (χ4v) is 1.99. The summed E-state index contributed by atoms with van der Waals surface area (Å²) in [6, 6.07) is 7.95. The molecule has 3 rings (SSSR count). The van der Waals surface area contributed by atoms with Crippen molar-refractivity contribution in [3.63, 3.8) is 0 Å². The van der Waals surface area contributed by atoms with Crippen LogP contribution < -0.4 is 5.32 Å². The first kappa shape index (κ1) is 11.6. The first-order chi connectivity index (χ1) is 9.22. The Kier molecular flexibility index (Phi) is 2.87. The standard InChI is InChI=1S/C14H15N5/c1-10-6-7-15-14(17-10)16-8-12-9-19-11(2)4-3-5-13(19)18-12/h3-7,9H,8H2,1-2H3,(H,15,16,17). The summed E-state index contributed by atoms with van der Waals surface area (Å²) in [6.45, 7) is 4.63. The summed E-state index contributed by atoms with van der Waals surface area (Å²) < 4.78 is 2.08. The molecule has 19 heavy (non-hydrogen) atoms. The summed E-state index contributed by atoms with van der Waals surface area (Å²) in [5, 5.41) is 3.18. The predicted octanol–water partition coefficient (Wildman–Crippen LogP) is 2.35. The minimum atomic E-state index is 0.616. The van der Waals surface area contributed by atoms with E-state index in [0.717, 1.165) is 17.0 Å². The lowest BCUT2D eigenvalue weighted by atomic mass is 10.4. The van der Waals surface area contributed by atoms with Gasteiger partial charge in [-0.1, -0.05) is 6.07 Å². The Hall–Kier alpha value is -2.43. The van der Waals surface area contributed by atoms with Crippen molar-refractivity contribution in [2.75, 3.05) is 5.32 Å². The van der Waals surface area contributed by atoms with Crippen LogP contribution in [0.25, 0.3) is 5.65 Å². The van der Waals surface area contributed by atoms with E-state index in [2.05, 4.69) is 37.7 Å². The zero-order valence-corrected chi connectivity index (χ0v) is 11.0. The SMILES string of the molecule is Cc1ccnc(NCc2cn3c(C)cccc3n2)n1. The van der Waals surface area contributed by atoms with Gasteiger partial charge in [-0.2, -0.15) is 0 Å². The van der Waals surface area contributed by atoms with Gasteiger partial charge in [-0.25, -0.2) is 15.0 Å². The molecule has 0 amide bonds. The van der Waals surface area contributed by atoms with Crippen LogP contribution in [-0.2, 0) is 6.54 Å². The van der Waals surface area contributed by atoms with Gasteiger partial charge in [0.25, 0.3) is 0 Å². The molecule has 0 spiro atoms. The fourth-order valence-electron chi connectivity index (χ4n) is 1.99. The van der Waals surface area contributed by atoms with E-state index in [1.165, 1.54) is 5.69 Å². The molecule has 0 aliphatic carbocycles. The number of fused-ring (bicyclic) bond motifs is 1. The number of imidazole rings is 1. The summed E-state index contributed by atoms with van der Waals surface area (Å²) in [5.41, 5.74) is 4.05. The van der Waals surface area contributed by atoms with E-state index in [1.54, 1.807) is 6.20 Å². The lowest BCUT2D eigenvalue weighted by Crippen LogP contribution is -2.04. The zero-order chi connectivity index (χ0) is 13.2.